The van der Waals surface area contributed by atoms with E-state index in [1.54, 1.807) is 32.4 Å². The van der Waals surface area contributed by atoms with Gasteiger partial charge in [-0.15, -0.1) is 0 Å². The van der Waals surface area contributed by atoms with Gasteiger partial charge in [-0.05, 0) is 12.1 Å². The van der Waals surface area contributed by atoms with Crippen LogP contribution in [0.15, 0.2) is 18.3 Å². The highest BCUT2D eigenvalue weighted by molar-refractivity contribution is 5.86. The summed E-state index contributed by atoms with van der Waals surface area (Å²) in [6.45, 7) is 0. The number of amides is 1. The lowest BCUT2D eigenvalue weighted by molar-refractivity contribution is 0.180. The monoisotopic (exact) mass is 195 g/mol. The van der Waals surface area contributed by atoms with Crippen molar-refractivity contribution in [3.63, 3.8) is 0 Å². The second-order valence-corrected chi connectivity index (χ2v) is 2.68. The molecule has 1 aromatic heterocycles. The number of nitrogens with one attached hydrogen (secondary N) is 1. The van der Waals surface area contributed by atoms with E-state index in [0.717, 1.165) is 5.82 Å². The molecule has 14 heavy (non-hydrogen) atoms. The molecule has 1 heterocycles. The van der Waals surface area contributed by atoms with Crippen molar-refractivity contribution in [3.05, 3.63) is 18.3 Å². The lowest BCUT2D eigenvalue weighted by atomic mass is 10.4. The Bertz CT molecular complexity index is 310. The first-order valence-corrected chi connectivity index (χ1v) is 4.14. The van der Waals surface area contributed by atoms with Crippen LogP contribution in [0.1, 0.15) is 0 Å². The fraction of sp³-hybridized carbons (Fsp3) is 0.333. The predicted molar refractivity (Wildman–Crippen MR) is 54.6 cm³/mol. The van der Waals surface area contributed by atoms with E-state index >= 15 is 0 Å². The van der Waals surface area contributed by atoms with Crippen molar-refractivity contribution in [1.29, 1.82) is 0 Å². The maximum absolute atomic E-state index is 11.1. The van der Waals surface area contributed by atoms with Gasteiger partial charge in [0.15, 0.2) is 0 Å². The van der Waals surface area contributed by atoms with Crippen molar-refractivity contribution in [2.24, 2.45) is 0 Å². The summed E-state index contributed by atoms with van der Waals surface area (Å²) in [7, 11) is 4.75. The van der Waals surface area contributed by atoms with Crippen LogP contribution in [-0.4, -0.2) is 32.3 Å². The second-order valence-electron chi connectivity index (χ2n) is 2.68. The minimum absolute atomic E-state index is 0.413. The number of methoxy groups -OCH3 is 1. The molecule has 0 radical (unpaired) electrons. The summed E-state index contributed by atoms with van der Waals surface area (Å²) in [5.41, 5.74) is 0.691. The highest BCUT2D eigenvalue weighted by Crippen LogP contribution is 2.13. The van der Waals surface area contributed by atoms with Crippen LogP contribution in [0, 0.1) is 0 Å². The van der Waals surface area contributed by atoms with Crippen LogP contribution in [0.4, 0.5) is 16.3 Å². The van der Waals surface area contributed by atoms with E-state index in [4.69, 9.17) is 0 Å². The Morgan fingerprint density at radius 2 is 2.29 bits per heavy atom. The zero-order valence-corrected chi connectivity index (χ0v) is 8.44. The van der Waals surface area contributed by atoms with E-state index in [9.17, 15) is 4.79 Å². The Hall–Kier alpha value is -1.78. The van der Waals surface area contributed by atoms with Crippen LogP contribution < -0.4 is 10.2 Å². The fourth-order valence-electron chi connectivity index (χ4n) is 0.975. The third-order valence-corrected chi connectivity index (χ3v) is 1.84. The zero-order chi connectivity index (χ0) is 10.6. The van der Waals surface area contributed by atoms with Gasteiger partial charge < -0.3 is 10.1 Å². The van der Waals surface area contributed by atoms with Crippen molar-refractivity contribution in [3.8, 4) is 0 Å². The molecule has 5 heteroatoms. The van der Waals surface area contributed by atoms with Gasteiger partial charge in [-0.25, -0.2) is 9.78 Å². The molecule has 76 valence electrons. The molecule has 0 unspecified atom stereocenters. The average Bonchev–Trinajstić information content (AvgIpc) is 2.27. The van der Waals surface area contributed by atoms with Gasteiger partial charge in [0, 0.05) is 14.1 Å². The molecule has 1 rings (SSSR count). The van der Waals surface area contributed by atoms with E-state index in [-0.39, 0.29) is 0 Å². The van der Waals surface area contributed by atoms with Crippen LogP contribution in [0.5, 0.6) is 0 Å². The highest BCUT2D eigenvalue weighted by atomic mass is 16.5. The molecule has 1 aromatic rings. The average molecular weight is 195 g/mol. The van der Waals surface area contributed by atoms with E-state index in [1.807, 2.05) is 0 Å². The molecular weight excluding hydrogens is 182 g/mol. The van der Waals surface area contributed by atoms with Crippen LogP contribution in [0.2, 0.25) is 0 Å². The van der Waals surface area contributed by atoms with Crippen LogP contribution in [-0.2, 0) is 4.74 Å². The molecule has 0 atom stereocenters. The minimum Gasteiger partial charge on any atom is -0.452 e. The zero-order valence-electron chi connectivity index (χ0n) is 8.44. The molecule has 1 amide bonds. The van der Waals surface area contributed by atoms with Crippen molar-refractivity contribution >= 4 is 17.6 Å². The number of carbonyl (C=O) groups is 1. The summed E-state index contributed by atoms with van der Waals surface area (Å²) in [5.74, 6) is 0.756. The maximum atomic E-state index is 11.1. The minimum atomic E-state index is -0.413. The number of carbonyl (C=O) groups excluding carboxylic acids is 1. The van der Waals surface area contributed by atoms with Crippen molar-refractivity contribution in [1.82, 2.24) is 4.98 Å². The number of hydrogen-bond donors (Lipinski definition) is 1. The van der Waals surface area contributed by atoms with Crippen LogP contribution in [0.3, 0.4) is 0 Å². The number of ether oxygens (including phenoxy) is 1. The first kappa shape index (κ1) is 10.3. The Kier molecular flexibility index (Phi) is 3.28. The molecule has 0 spiro atoms. The van der Waals surface area contributed by atoms with Crippen LogP contribution in [0.25, 0.3) is 0 Å². The van der Waals surface area contributed by atoms with Crippen molar-refractivity contribution in [2.45, 2.75) is 0 Å². The highest BCUT2D eigenvalue weighted by Gasteiger charge is 2.10. The summed E-state index contributed by atoms with van der Waals surface area (Å²) in [6.07, 6.45) is 1.19. The Balaban J connectivity index is 2.81. The molecule has 0 aliphatic carbocycles. The van der Waals surface area contributed by atoms with Crippen LogP contribution >= 0.6 is 0 Å². The predicted octanol–water partition coefficient (Wildman–Crippen LogP) is 1.33. The number of rotatable bonds is 2. The molecule has 0 saturated carbocycles. The third kappa shape index (κ3) is 2.12. The molecule has 0 aliphatic heterocycles. The summed E-state index contributed by atoms with van der Waals surface area (Å²) in [4.78, 5) is 16.6. The molecule has 0 aliphatic rings. The van der Waals surface area contributed by atoms with Gasteiger partial charge >= 0.3 is 6.09 Å². The molecular formula is C9H13N3O2. The summed E-state index contributed by atoms with van der Waals surface area (Å²) >= 11 is 0. The van der Waals surface area contributed by atoms with E-state index < -0.39 is 6.09 Å². The Morgan fingerprint density at radius 3 is 2.71 bits per heavy atom. The fourth-order valence-corrected chi connectivity index (χ4v) is 0.975. The Labute approximate surface area is 82.7 Å². The van der Waals surface area contributed by atoms with Gasteiger partial charge in [0.05, 0.1) is 19.0 Å². The smallest absolute Gasteiger partial charge is 0.413 e. The maximum Gasteiger partial charge on any atom is 0.413 e. The van der Waals surface area contributed by atoms with Gasteiger partial charge in [-0.3, -0.25) is 4.90 Å². The number of hydrogen-bond acceptors (Lipinski definition) is 4. The number of anilines is 2. The first-order chi connectivity index (χ1) is 6.69. The van der Waals surface area contributed by atoms with Gasteiger partial charge in [-0.2, -0.15) is 0 Å². The molecule has 0 aromatic carbocycles. The van der Waals surface area contributed by atoms with E-state index in [0.29, 0.717) is 5.69 Å². The Morgan fingerprint density at radius 1 is 1.57 bits per heavy atom. The second kappa shape index (κ2) is 4.45. The molecule has 0 bridgehead atoms. The number of nitrogens with zero attached hydrogens (tertiary/aromatic N) is 2. The first-order valence-electron chi connectivity index (χ1n) is 4.14. The van der Waals surface area contributed by atoms with Gasteiger partial charge in [0.1, 0.15) is 5.82 Å². The van der Waals surface area contributed by atoms with E-state index in [1.165, 1.54) is 12.0 Å². The standard InChI is InChI=1S/C9H13N3O2/c1-10-8-5-4-7(6-11-8)12(2)9(13)14-3/h4-6H,1-3H3,(H,10,11). The summed E-state index contributed by atoms with van der Waals surface area (Å²) in [6, 6.07) is 3.57. The van der Waals surface area contributed by atoms with Gasteiger partial charge in [0.25, 0.3) is 0 Å². The third-order valence-electron chi connectivity index (χ3n) is 1.84. The molecule has 0 fully saturated rings. The lowest BCUT2D eigenvalue weighted by Gasteiger charge is -2.14. The quantitative estimate of drug-likeness (QED) is 0.773. The SMILES string of the molecule is CNc1ccc(N(C)C(=O)OC)cn1. The topological polar surface area (TPSA) is 54.5 Å². The largest absolute Gasteiger partial charge is 0.452 e. The molecule has 0 saturated heterocycles. The van der Waals surface area contributed by atoms with E-state index in [2.05, 4.69) is 15.0 Å². The summed E-state index contributed by atoms with van der Waals surface area (Å²) in [5, 5.41) is 2.89. The van der Waals surface area contributed by atoms with Crippen molar-refractivity contribution < 1.29 is 9.53 Å². The number of pyridine rings is 1. The molecule has 5 nitrogen and oxygen atoms in total. The molecule has 1 N–H and O–H groups in total. The lowest BCUT2D eigenvalue weighted by Crippen LogP contribution is -2.25. The van der Waals surface area contributed by atoms with Gasteiger partial charge in [0.2, 0.25) is 0 Å². The number of aromatic nitrogens is 1. The van der Waals surface area contributed by atoms with Gasteiger partial charge in [-0.1, -0.05) is 0 Å². The summed E-state index contributed by atoms with van der Waals surface area (Å²) < 4.78 is 4.57. The normalized spacial score (nSPS) is 9.36. The van der Waals surface area contributed by atoms with Crippen molar-refractivity contribution in [2.75, 3.05) is 31.4 Å².